The Hall–Kier alpha value is -1.95. The van der Waals surface area contributed by atoms with E-state index < -0.39 is 16.8 Å². The van der Waals surface area contributed by atoms with Gasteiger partial charge in [-0.1, -0.05) is 74.5 Å². The lowest BCUT2D eigenvalue weighted by molar-refractivity contribution is -0.0261. The SMILES string of the molecule is CC(C)(C)C(O)(c1cccnc1)c1ccc(-c2ccc(SC(F)F)cc2)cc1Cl. The van der Waals surface area contributed by atoms with Crippen molar-refractivity contribution in [3.8, 4) is 11.1 Å². The number of thioether (sulfide) groups is 1. The predicted octanol–water partition coefficient (Wildman–Crippen LogP) is 7.00. The first kappa shape index (κ1) is 21.8. The summed E-state index contributed by atoms with van der Waals surface area (Å²) in [6.07, 6.45) is 3.31. The Kier molecular flexibility index (Phi) is 6.32. The van der Waals surface area contributed by atoms with E-state index in [-0.39, 0.29) is 0 Å². The summed E-state index contributed by atoms with van der Waals surface area (Å²) in [7, 11) is 0. The van der Waals surface area contributed by atoms with Crippen LogP contribution in [-0.2, 0) is 5.60 Å². The van der Waals surface area contributed by atoms with E-state index in [4.69, 9.17) is 11.6 Å². The minimum atomic E-state index is -2.45. The summed E-state index contributed by atoms with van der Waals surface area (Å²) in [5, 5.41) is 12.2. The fourth-order valence-electron chi connectivity index (χ4n) is 3.39. The molecule has 0 amide bonds. The van der Waals surface area contributed by atoms with E-state index in [1.165, 1.54) is 0 Å². The number of rotatable bonds is 5. The number of hydrogen-bond acceptors (Lipinski definition) is 3. The third-order valence-electron chi connectivity index (χ3n) is 4.94. The van der Waals surface area contributed by atoms with Gasteiger partial charge in [0.1, 0.15) is 5.60 Å². The summed E-state index contributed by atoms with van der Waals surface area (Å²) < 4.78 is 25.0. The number of pyridine rings is 1. The number of halogens is 3. The van der Waals surface area contributed by atoms with Gasteiger partial charge in [0.15, 0.2) is 0 Å². The standard InChI is InChI=1S/C23H22ClF2NOS/c1-22(2,3)23(28,17-5-4-12-27-14-17)19-11-8-16(13-20(19)24)15-6-9-18(10-7-15)29-21(25)26/h4-14,21,28H,1-3H3. The van der Waals surface area contributed by atoms with Crippen LogP contribution in [0, 0.1) is 5.41 Å². The van der Waals surface area contributed by atoms with Gasteiger partial charge in [0.05, 0.1) is 0 Å². The highest BCUT2D eigenvalue weighted by Gasteiger charge is 2.44. The Morgan fingerprint density at radius 2 is 1.66 bits per heavy atom. The Bertz CT molecular complexity index is 974. The Morgan fingerprint density at radius 3 is 2.17 bits per heavy atom. The van der Waals surface area contributed by atoms with Crippen molar-refractivity contribution >= 4 is 23.4 Å². The fraction of sp³-hybridized carbons (Fsp3) is 0.261. The molecule has 152 valence electrons. The summed E-state index contributed by atoms with van der Waals surface area (Å²) >= 11 is 7.15. The predicted molar refractivity (Wildman–Crippen MR) is 115 cm³/mol. The Labute approximate surface area is 179 Å². The van der Waals surface area contributed by atoms with Crippen LogP contribution in [0.1, 0.15) is 31.9 Å². The maximum atomic E-state index is 12.5. The number of aromatic nitrogens is 1. The molecule has 0 aliphatic carbocycles. The van der Waals surface area contributed by atoms with Crippen LogP contribution in [-0.4, -0.2) is 15.8 Å². The molecule has 0 bridgehead atoms. The van der Waals surface area contributed by atoms with Crippen LogP contribution in [0.4, 0.5) is 8.78 Å². The van der Waals surface area contributed by atoms with Crippen molar-refractivity contribution in [2.24, 2.45) is 5.41 Å². The molecule has 1 heterocycles. The minimum Gasteiger partial charge on any atom is -0.380 e. The lowest BCUT2D eigenvalue weighted by Crippen LogP contribution is -2.41. The molecule has 3 aromatic rings. The van der Waals surface area contributed by atoms with Gasteiger partial charge >= 0.3 is 0 Å². The topological polar surface area (TPSA) is 33.1 Å². The molecule has 3 rings (SSSR count). The minimum absolute atomic E-state index is 0.426. The molecule has 29 heavy (non-hydrogen) atoms. The maximum Gasteiger partial charge on any atom is 0.288 e. The van der Waals surface area contributed by atoms with Gasteiger partial charge < -0.3 is 5.11 Å². The highest BCUT2D eigenvalue weighted by Crippen LogP contribution is 2.47. The second-order valence-electron chi connectivity index (χ2n) is 7.80. The Morgan fingerprint density at radius 1 is 1.00 bits per heavy atom. The van der Waals surface area contributed by atoms with Crippen molar-refractivity contribution in [1.82, 2.24) is 4.98 Å². The van der Waals surface area contributed by atoms with Crippen LogP contribution < -0.4 is 0 Å². The highest BCUT2D eigenvalue weighted by molar-refractivity contribution is 7.99. The van der Waals surface area contributed by atoms with Crippen molar-refractivity contribution in [3.63, 3.8) is 0 Å². The van der Waals surface area contributed by atoms with Gasteiger partial charge in [0.2, 0.25) is 0 Å². The van der Waals surface area contributed by atoms with Crippen molar-refractivity contribution in [2.45, 2.75) is 37.0 Å². The van der Waals surface area contributed by atoms with Crippen LogP contribution in [0.2, 0.25) is 5.02 Å². The molecule has 1 atom stereocenters. The Balaban J connectivity index is 2.02. The first-order valence-electron chi connectivity index (χ1n) is 9.11. The quantitative estimate of drug-likeness (QED) is 0.440. The van der Waals surface area contributed by atoms with E-state index >= 15 is 0 Å². The van der Waals surface area contributed by atoms with Gasteiger partial charge in [-0.15, -0.1) is 0 Å². The number of benzene rings is 2. The second-order valence-corrected chi connectivity index (χ2v) is 9.27. The normalized spacial score (nSPS) is 14.1. The molecule has 2 nitrogen and oxygen atoms in total. The summed E-state index contributed by atoms with van der Waals surface area (Å²) in [4.78, 5) is 4.66. The van der Waals surface area contributed by atoms with Gasteiger partial charge in [0.25, 0.3) is 5.76 Å². The number of hydrogen-bond donors (Lipinski definition) is 1. The molecular formula is C23H22ClF2NOS. The summed E-state index contributed by atoms with van der Waals surface area (Å²) in [5.74, 6) is -2.45. The smallest absolute Gasteiger partial charge is 0.288 e. The van der Waals surface area contributed by atoms with E-state index in [0.717, 1.165) is 11.1 Å². The number of aliphatic hydroxyl groups is 1. The van der Waals surface area contributed by atoms with Gasteiger partial charge in [-0.25, -0.2) is 0 Å². The zero-order valence-corrected chi connectivity index (χ0v) is 17.9. The second kappa shape index (κ2) is 8.42. The fourth-order valence-corrected chi connectivity index (χ4v) is 4.20. The number of nitrogens with zero attached hydrogens (tertiary/aromatic N) is 1. The molecule has 0 aliphatic heterocycles. The number of alkyl halides is 2. The van der Waals surface area contributed by atoms with Crippen molar-refractivity contribution in [1.29, 1.82) is 0 Å². The van der Waals surface area contributed by atoms with Crippen LogP contribution in [0.15, 0.2) is 71.9 Å². The average molecular weight is 434 g/mol. The lowest BCUT2D eigenvalue weighted by atomic mass is 9.68. The molecule has 0 radical (unpaired) electrons. The molecule has 0 aliphatic rings. The lowest BCUT2D eigenvalue weighted by Gasteiger charge is -2.41. The zero-order valence-electron chi connectivity index (χ0n) is 16.4. The van der Waals surface area contributed by atoms with Gasteiger partial charge in [-0.3, -0.25) is 4.98 Å². The summed E-state index contributed by atoms with van der Waals surface area (Å²) in [5.41, 5.74) is 1.07. The van der Waals surface area contributed by atoms with E-state index in [9.17, 15) is 13.9 Å². The molecule has 0 saturated heterocycles. The molecule has 2 aromatic carbocycles. The van der Waals surface area contributed by atoms with Crippen LogP contribution >= 0.6 is 23.4 Å². The molecule has 0 saturated carbocycles. The molecule has 0 spiro atoms. The van der Waals surface area contributed by atoms with Crippen LogP contribution in [0.5, 0.6) is 0 Å². The third-order valence-corrected chi connectivity index (χ3v) is 5.97. The molecular weight excluding hydrogens is 412 g/mol. The molecule has 0 fully saturated rings. The van der Waals surface area contributed by atoms with E-state index in [2.05, 4.69) is 4.98 Å². The molecule has 1 unspecified atom stereocenters. The van der Waals surface area contributed by atoms with E-state index in [1.54, 1.807) is 48.8 Å². The van der Waals surface area contributed by atoms with Crippen molar-refractivity contribution in [3.05, 3.63) is 83.1 Å². The molecule has 1 N–H and O–H groups in total. The largest absolute Gasteiger partial charge is 0.380 e. The summed E-state index contributed by atoms with van der Waals surface area (Å²) in [6.45, 7) is 5.84. The third kappa shape index (κ3) is 4.47. The first-order valence-corrected chi connectivity index (χ1v) is 10.4. The van der Waals surface area contributed by atoms with Crippen molar-refractivity contribution in [2.75, 3.05) is 0 Å². The monoisotopic (exact) mass is 433 g/mol. The zero-order chi connectivity index (χ0) is 21.2. The van der Waals surface area contributed by atoms with Crippen LogP contribution in [0.25, 0.3) is 11.1 Å². The van der Waals surface area contributed by atoms with Crippen LogP contribution in [0.3, 0.4) is 0 Å². The van der Waals surface area contributed by atoms with Gasteiger partial charge in [-0.2, -0.15) is 8.78 Å². The first-order chi connectivity index (χ1) is 13.6. The van der Waals surface area contributed by atoms with E-state index in [0.29, 0.717) is 32.8 Å². The van der Waals surface area contributed by atoms with Gasteiger partial charge in [-0.05, 0) is 40.8 Å². The highest BCUT2D eigenvalue weighted by atomic mass is 35.5. The average Bonchev–Trinajstić information content (AvgIpc) is 2.67. The van der Waals surface area contributed by atoms with Gasteiger partial charge in [0, 0.05) is 33.4 Å². The van der Waals surface area contributed by atoms with Crippen molar-refractivity contribution < 1.29 is 13.9 Å². The maximum absolute atomic E-state index is 12.5. The molecule has 6 heteroatoms. The summed E-state index contributed by atoms with van der Waals surface area (Å²) in [6, 6.07) is 16.0. The molecule has 1 aromatic heterocycles. The van der Waals surface area contributed by atoms with E-state index in [1.807, 2.05) is 39.0 Å².